The fourth-order valence-corrected chi connectivity index (χ4v) is 4.84. The Balaban J connectivity index is 1.39. The minimum absolute atomic E-state index is 0.397. The number of aromatic nitrogens is 2. The summed E-state index contributed by atoms with van der Waals surface area (Å²) in [6.45, 7) is 6.59. The van der Waals surface area contributed by atoms with E-state index in [4.69, 9.17) is 10.4 Å². The fraction of sp³-hybridized carbons (Fsp3) is 0.538. The highest BCUT2D eigenvalue weighted by Gasteiger charge is 2.33. The molecule has 1 aliphatic carbocycles. The van der Waals surface area contributed by atoms with E-state index >= 15 is 0 Å². The minimum Gasteiger partial charge on any atom is -0.373 e. The Morgan fingerprint density at radius 3 is 2.74 bits per heavy atom. The number of anilines is 2. The van der Waals surface area contributed by atoms with Crippen molar-refractivity contribution >= 4 is 35.7 Å². The van der Waals surface area contributed by atoms with E-state index < -0.39 is 6.23 Å². The molecule has 0 bridgehead atoms. The average Bonchev–Trinajstić information content (AvgIpc) is 3.37. The lowest BCUT2D eigenvalue weighted by Gasteiger charge is -2.29. The fourth-order valence-electron chi connectivity index (χ4n) is 4.84. The number of piperidine rings is 1. The Bertz CT molecular complexity index is 1100. The maximum atomic E-state index is 11.4. The van der Waals surface area contributed by atoms with Crippen LogP contribution in [0, 0.1) is 11.3 Å². The minimum atomic E-state index is -0.880. The molecule has 0 amide bonds. The Hall–Kier alpha value is -3.04. The molecule has 3 N–H and O–H groups in total. The Morgan fingerprint density at radius 2 is 2.03 bits per heavy atom. The van der Waals surface area contributed by atoms with E-state index in [0.29, 0.717) is 18.2 Å². The first-order valence-corrected chi connectivity index (χ1v) is 12.8. The van der Waals surface area contributed by atoms with Crippen LogP contribution in [-0.2, 0) is 6.54 Å². The predicted molar refractivity (Wildman–Crippen MR) is 142 cm³/mol. The third kappa shape index (κ3) is 5.46. The van der Waals surface area contributed by atoms with Gasteiger partial charge in [0.1, 0.15) is 11.9 Å². The van der Waals surface area contributed by atoms with Crippen LogP contribution in [0.1, 0.15) is 56.5 Å². The Kier molecular flexibility index (Phi) is 7.24. The smallest absolute Gasteiger partial charge is 0.207 e. The van der Waals surface area contributed by atoms with Crippen molar-refractivity contribution in [3.05, 3.63) is 35.5 Å². The summed E-state index contributed by atoms with van der Waals surface area (Å²) in [5, 5.41) is 22.6. The number of hydrogen-bond acceptors (Lipinski definition) is 8. The molecule has 2 aromatic rings. The van der Waals surface area contributed by atoms with Crippen molar-refractivity contribution < 1.29 is 5.11 Å². The summed E-state index contributed by atoms with van der Waals surface area (Å²) in [6.07, 6.45) is 8.82. The maximum Gasteiger partial charge on any atom is 0.207 e. The number of aliphatic hydroxyl groups excluding tert-OH is 1. The van der Waals surface area contributed by atoms with E-state index in [-0.39, 0.29) is 0 Å². The summed E-state index contributed by atoms with van der Waals surface area (Å²) in [7, 11) is 0. The van der Waals surface area contributed by atoms with Gasteiger partial charge in [-0.3, -0.25) is 15.3 Å². The van der Waals surface area contributed by atoms with Crippen LogP contribution in [0.15, 0.2) is 34.3 Å². The van der Waals surface area contributed by atoms with Crippen molar-refractivity contribution in [3.63, 3.8) is 0 Å². The summed E-state index contributed by atoms with van der Waals surface area (Å²) in [4.78, 5) is 18.5. The highest BCUT2D eigenvalue weighted by atomic mass is 16.3. The van der Waals surface area contributed by atoms with Gasteiger partial charge in [-0.05, 0) is 51.0 Å². The zero-order chi connectivity index (χ0) is 24.2. The topological polar surface area (TPSA) is 105 Å². The van der Waals surface area contributed by atoms with Crippen LogP contribution in [0.3, 0.4) is 0 Å². The van der Waals surface area contributed by atoms with Crippen molar-refractivity contribution in [2.45, 2.75) is 51.8 Å². The van der Waals surface area contributed by atoms with Crippen molar-refractivity contribution in [2.24, 2.45) is 15.9 Å². The van der Waals surface area contributed by atoms with Crippen LogP contribution < -0.4 is 15.1 Å². The number of para-hydroxylation sites is 1. The quantitative estimate of drug-likeness (QED) is 0.360. The molecule has 2 aliphatic heterocycles. The molecule has 3 aliphatic rings. The average molecular weight is 477 g/mol. The largest absolute Gasteiger partial charge is 0.373 e. The van der Waals surface area contributed by atoms with E-state index in [0.717, 1.165) is 61.4 Å². The van der Waals surface area contributed by atoms with Gasteiger partial charge in [0.05, 0.1) is 18.6 Å². The van der Waals surface area contributed by atoms with Gasteiger partial charge in [-0.1, -0.05) is 18.2 Å². The molecule has 1 unspecified atom stereocenters. The van der Waals surface area contributed by atoms with E-state index in [1.165, 1.54) is 32.1 Å². The van der Waals surface area contributed by atoms with Crippen LogP contribution in [0.4, 0.5) is 17.5 Å². The molecule has 5 rings (SSSR count). The van der Waals surface area contributed by atoms with E-state index in [2.05, 4.69) is 29.7 Å². The first-order chi connectivity index (χ1) is 17.1. The number of nitrogens with one attached hydrogen (secondary N) is 2. The molecular weight excluding hydrogens is 440 g/mol. The number of imidazole rings is 1. The molecule has 0 spiro atoms. The number of rotatable bonds is 10. The normalized spacial score (nSPS) is 19.1. The second-order valence-electron chi connectivity index (χ2n) is 9.70. The lowest BCUT2D eigenvalue weighted by Crippen LogP contribution is -2.33. The van der Waals surface area contributed by atoms with Crippen molar-refractivity contribution in [3.8, 4) is 0 Å². The standard InChI is InChI=1S/C26H36N8O/c1-19(27)21-7-3-4-8-22(21)29-11-12-30-25(35)23-24(33-16-13-28-18-33)31-26(32-14-5-2-6-15-32)34(23)17-20-9-10-20/h3-4,7-8,11,18,20,25,27,30,35H,2,5-6,9-10,12-17H2,1H3. The summed E-state index contributed by atoms with van der Waals surface area (Å²) in [5.41, 5.74) is 2.87. The molecule has 9 heteroatoms. The first kappa shape index (κ1) is 23.7. The molecule has 3 heterocycles. The zero-order valence-corrected chi connectivity index (χ0v) is 20.5. The third-order valence-electron chi connectivity index (χ3n) is 6.91. The summed E-state index contributed by atoms with van der Waals surface area (Å²) in [5.74, 6) is 2.43. The summed E-state index contributed by atoms with van der Waals surface area (Å²) >= 11 is 0. The number of aliphatic hydroxyl groups is 1. The Morgan fingerprint density at radius 1 is 1.23 bits per heavy atom. The first-order valence-electron chi connectivity index (χ1n) is 12.8. The molecule has 2 fully saturated rings. The predicted octanol–water partition coefficient (Wildman–Crippen LogP) is 3.50. The van der Waals surface area contributed by atoms with Gasteiger partial charge < -0.3 is 24.9 Å². The maximum absolute atomic E-state index is 11.4. The van der Waals surface area contributed by atoms with E-state index in [1.54, 1.807) is 13.1 Å². The lowest BCUT2D eigenvalue weighted by atomic mass is 10.1. The van der Waals surface area contributed by atoms with Gasteiger partial charge in [-0.15, -0.1) is 0 Å². The molecule has 1 saturated heterocycles. The molecule has 1 saturated carbocycles. The molecule has 35 heavy (non-hydrogen) atoms. The number of aliphatic imine (C=N–C) groups is 2. The van der Waals surface area contributed by atoms with Gasteiger partial charge in [0.15, 0.2) is 5.82 Å². The monoisotopic (exact) mass is 476 g/mol. The number of benzene rings is 1. The molecule has 1 atom stereocenters. The molecule has 9 nitrogen and oxygen atoms in total. The molecule has 1 aromatic heterocycles. The highest BCUT2D eigenvalue weighted by molar-refractivity contribution is 6.01. The van der Waals surface area contributed by atoms with Crippen LogP contribution in [-0.4, -0.2) is 65.6 Å². The van der Waals surface area contributed by atoms with Crippen molar-refractivity contribution in [2.75, 3.05) is 42.5 Å². The summed E-state index contributed by atoms with van der Waals surface area (Å²) < 4.78 is 2.26. The van der Waals surface area contributed by atoms with Gasteiger partial charge in [0.2, 0.25) is 5.95 Å². The highest BCUT2D eigenvalue weighted by Crippen LogP contribution is 2.37. The van der Waals surface area contributed by atoms with Crippen LogP contribution in [0.25, 0.3) is 0 Å². The van der Waals surface area contributed by atoms with Gasteiger partial charge in [0.25, 0.3) is 0 Å². The molecular formula is C26H36N8O. The SMILES string of the molecule is CC(=N)c1ccccc1N=CCNC(O)c1c(N2C=NCC2)nc(N2CCCCC2)n1CC1CC1. The van der Waals surface area contributed by atoms with Gasteiger partial charge in [-0.2, -0.15) is 4.98 Å². The summed E-state index contributed by atoms with van der Waals surface area (Å²) in [6, 6.07) is 7.64. The Labute approximate surface area is 207 Å². The van der Waals surface area contributed by atoms with Crippen molar-refractivity contribution in [1.82, 2.24) is 14.9 Å². The van der Waals surface area contributed by atoms with Crippen molar-refractivity contribution in [1.29, 1.82) is 5.41 Å². The molecule has 1 aromatic carbocycles. The third-order valence-corrected chi connectivity index (χ3v) is 6.91. The van der Waals surface area contributed by atoms with E-state index in [9.17, 15) is 5.11 Å². The van der Waals surface area contributed by atoms with Gasteiger partial charge in [-0.25, -0.2) is 0 Å². The van der Waals surface area contributed by atoms with E-state index in [1.807, 2.05) is 30.6 Å². The molecule has 0 radical (unpaired) electrons. The van der Waals surface area contributed by atoms with Crippen LogP contribution in [0.2, 0.25) is 0 Å². The second kappa shape index (κ2) is 10.7. The van der Waals surface area contributed by atoms with Gasteiger partial charge >= 0.3 is 0 Å². The van der Waals surface area contributed by atoms with Crippen LogP contribution >= 0.6 is 0 Å². The molecule has 186 valence electrons. The lowest BCUT2D eigenvalue weighted by molar-refractivity contribution is 0.137. The van der Waals surface area contributed by atoms with Crippen LogP contribution in [0.5, 0.6) is 0 Å². The number of hydrogen-bond donors (Lipinski definition) is 3. The zero-order valence-electron chi connectivity index (χ0n) is 20.5. The van der Waals surface area contributed by atoms with Gasteiger partial charge in [0, 0.05) is 50.2 Å². The second-order valence-corrected chi connectivity index (χ2v) is 9.70. The number of nitrogens with zero attached hydrogens (tertiary/aromatic N) is 6.